The van der Waals surface area contributed by atoms with Gasteiger partial charge in [0.25, 0.3) is 11.0 Å². The van der Waals surface area contributed by atoms with Crippen LogP contribution in [0.4, 0.5) is 0 Å². The summed E-state index contributed by atoms with van der Waals surface area (Å²) in [4.78, 5) is 0. The Labute approximate surface area is 72.1 Å². The van der Waals surface area contributed by atoms with Gasteiger partial charge >= 0.3 is 0 Å². The molecule has 0 bridgehead atoms. The summed E-state index contributed by atoms with van der Waals surface area (Å²) in [7, 11) is -2.82. The maximum atomic E-state index is 10.1. The maximum Gasteiger partial charge on any atom is 0.299 e. The molecule has 5 heteroatoms. The van der Waals surface area contributed by atoms with Crippen LogP contribution in [-0.2, 0) is 17.5 Å². The normalized spacial score (nSPS) is 10.2. The number of hydrogen-bond acceptors (Lipinski definition) is 4. The fourth-order valence-electron chi connectivity index (χ4n) is 0.772. The van der Waals surface area contributed by atoms with E-state index < -0.39 is 11.0 Å². The monoisotopic (exact) mass is 187 g/mol. The third kappa shape index (κ3) is 2.52. The van der Waals surface area contributed by atoms with Gasteiger partial charge in [-0.1, -0.05) is 12.1 Å². The van der Waals surface area contributed by atoms with E-state index in [-0.39, 0.29) is 0 Å². The van der Waals surface area contributed by atoms with E-state index in [0.717, 1.165) is 5.56 Å². The Hall–Kier alpha value is -1.07. The average molecular weight is 187 g/mol. The van der Waals surface area contributed by atoms with Crippen molar-refractivity contribution in [3.05, 3.63) is 29.8 Å². The molecular weight excluding hydrogens is 178 g/mol. The summed E-state index contributed by atoms with van der Waals surface area (Å²) in [6.45, 7) is 0.434. The summed E-state index contributed by atoms with van der Waals surface area (Å²) >= 11 is 0. The second kappa shape index (κ2) is 4.08. The highest BCUT2D eigenvalue weighted by Gasteiger charge is 1.93. The summed E-state index contributed by atoms with van der Waals surface area (Å²) in [5, 5.41) is 0. The average Bonchev–Trinajstić information content (AvgIpc) is 2.05. The van der Waals surface area contributed by atoms with Gasteiger partial charge in [-0.2, -0.15) is 8.42 Å². The molecule has 0 fully saturated rings. The van der Waals surface area contributed by atoms with Crippen molar-refractivity contribution in [2.45, 2.75) is 6.54 Å². The molecule has 0 spiro atoms. The van der Waals surface area contributed by atoms with E-state index in [9.17, 15) is 8.42 Å². The van der Waals surface area contributed by atoms with Crippen LogP contribution in [0.1, 0.15) is 5.56 Å². The molecule has 1 aromatic carbocycles. The summed E-state index contributed by atoms with van der Waals surface area (Å²) in [5.41, 5.74) is 6.27. The fraction of sp³-hybridized carbons (Fsp3) is 0.143. The Morgan fingerprint density at radius 2 is 1.83 bits per heavy atom. The van der Waals surface area contributed by atoms with E-state index in [0.29, 0.717) is 12.3 Å². The molecule has 1 aromatic rings. The Morgan fingerprint density at radius 3 is 2.25 bits per heavy atom. The van der Waals surface area contributed by atoms with Gasteiger partial charge in [0, 0.05) is 6.54 Å². The molecule has 4 nitrogen and oxygen atoms in total. The van der Waals surface area contributed by atoms with E-state index >= 15 is 0 Å². The van der Waals surface area contributed by atoms with Crippen LogP contribution in [0.25, 0.3) is 0 Å². The molecule has 1 rings (SSSR count). The second-order valence-electron chi connectivity index (χ2n) is 2.16. The lowest BCUT2D eigenvalue weighted by Gasteiger charge is -1.98. The van der Waals surface area contributed by atoms with Crippen LogP contribution in [0, 0.1) is 0 Å². The predicted octanol–water partition coefficient (Wildman–Crippen LogP) is 0.0505. The van der Waals surface area contributed by atoms with Crippen LogP contribution < -0.4 is 9.92 Å². The molecule has 2 N–H and O–H groups in total. The van der Waals surface area contributed by atoms with Gasteiger partial charge in [0.1, 0.15) is 5.75 Å². The summed E-state index contributed by atoms with van der Waals surface area (Å²) in [6.07, 6.45) is 0. The number of thiol groups is 1. The molecular formula is C7H9NO3S. The minimum absolute atomic E-state index is 0.309. The first-order valence-corrected chi connectivity index (χ1v) is 4.43. The first kappa shape index (κ1) is 9.02. The number of benzene rings is 1. The van der Waals surface area contributed by atoms with Crippen LogP contribution in [-0.4, -0.2) is 8.42 Å². The zero-order valence-electron chi connectivity index (χ0n) is 6.27. The van der Waals surface area contributed by atoms with Crippen molar-refractivity contribution in [3.63, 3.8) is 0 Å². The van der Waals surface area contributed by atoms with Crippen molar-refractivity contribution in [2.75, 3.05) is 0 Å². The van der Waals surface area contributed by atoms with E-state index in [4.69, 9.17) is 5.73 Å². The first-order valence-electron chi connectivity index (χ1n) is 3.34. The molecule has 0 radical (unpaired) electrons. The van der Waals surface area contributed by atoms with Crippen molar-refractivity contribution in [1.82, 2.24) is 0 Å². The summed E-state index contributed by atoms with van der Waals surface area (Å²) in [5.74, 6) is 0.309. The summed E-state index contributed by atoms with van der Waals surface area (Å²) < 4.78 is 24.7. The van der Waals surface area contributed by atoms with Crippen LogP contribution in [0.3, 0.4) is 0 Å². The fourth-order valence-corrected chi connectivity index (χ4v) is 1.07. The second-order valence-corrected chi connectivity index (χ2v) is 2.79. The lowest BCUT2D eigenvalue weighted by molar-refractivity contribution is 0.510. The van der Waals surface area contributed by atoms with Crippen molar-refractivity contribution < 1.29 is 12.6 Å². The van der Waals surface area contributed by atoms with Gasteiger partial charge in [-0.25, -0.2) is 0 Å². The molecule has 0 aliphatic heterocycles. The highest BCUT2D eigenvalue weighted by atomic mass is 32.2. The smallest absolute Gasteiger partial charge is 0.299 e. The van der Waals surface area contributed by atoms with E-state index in [1.165, 1.54) is 0 Å². The maximum absolute atomic E-state index is 10.1. The molecule has 12 heavy (non-hydrogen) atoms. The lowest BCUT2D eigenvalue weighted by Crippen LogP contribution is -1.96. The van der Waals surface area contributed by atoms with Gasteiger partial charge in [0.15, 0.2) is 0 Å². The number of hydrogen-bond donors (Lipinski definition) is 2. The third-order valence-corrected chi connectivity index (χ3v) is 1.70. The highest BCUT2D eigenvalue weighted by molar-refractivity contribution is 7.67. The minimum Gasteiger partial charge on any atom is -0.384 e. The summed E-state index contributed by atoms with van der Waals surface area (Å²) in [6, 6.07) is 6.56. The van der Waals surface area contributed by atoms with Gasteiger partial charge in [-0.15, -0.1) is 0 Å². The van der Waals surface area contributed by atoms with Gasteiger partial charge < -0.3 is 9.92 Å². The molecule has 0 saturated heterocycles. The van der Waals surface area contributed by atoms with Crippen LogP contribution >= 0.6 is 0 Å². The molecule has 0 aliphatic rings. The number of nitrogens with two attached hydrogens (primary N) is 1. The largest absolute Gasteiger partial charge is 0.384 e. The number of rotatable bonds is 3. The Bertz CT molecular complexity index is 310. The quantitative estimate of drug-likeness (QED) is 0.656. The third-order valence-electron chi connectivity index (χ3n) is 1.34. The molecule has 0 atom stereocenters. The van der Waals surface area contributed by atoms with Crippen molar-refractivity contribution in [3.8, 4) is 5.75 Å². The van der Waals surface area contributed by atoms with E-state index in [2.05, 4.69) is 4.18 Å². The SMILES string of the molecule is NCc1ccc(O[SH](=O)=O)cc1. The van der Waals surface area contributed by atoms with Crippen molar-refractivity contribution >= 4 is 11.0 Å². The van der Waals surface area contributed by atoms with Crippen LogP contribution in [0.5, 0.6) is 5.75 Å². The molecule has 0 saturated carbocycles. The van der Waals surface area contributed by atoms with E-state index in [1.54, 1.807) is 24.3 Å². The minimum atomic E-state index is -2.82. The van der Waals surface area contributed by atoms with Gasteiger partial charge in [0.2, 0.25) is 0 Å². The van der Waals surface area contributed by atoms with Gasteiger partial charge in [0.05, 0.1) is 0 Å². The molecule has 0 unspecified atom stereocenters. The zero-order chi connectivity index (χ0) is 8.97. The molecule has 0 heterocycles. The Morgan fingerprint density at radius 1 is 1.25 bits per heavy atom. The van der Waals surface area contributed by atoms with E-state index in [1.807, 2.05) is 0 Å². The topological polar surface area (TPSA) is 69.4 Å². The Kier molecular flexibility index (Phi) is 3.07. The predicted molar refractivity (Wildman–Crippen MR) is 45.3 cm³/mol. The highest BCUT2D eigenvalue weighted by Crippen LogP contribution is 2.11. The lowest BCUT2D eigenvalue weighted by atomic mass is 10.2. The van der Waals surface area contributed by atoms with Crippen LogP contribution in [0.15, 0.2) is 24.3 Å². The molecule has 66 valence electrons. The van der Waals surface area contributed by atoms with Gasteiger partial charge in [-0.05, 0) is 17.7 Å². The zero-order valence-corrected chi connectivity index (χ0v) is 7.16. The van der Waals surface area contributed by atoms with Crippen molar-refractivity contribution in [2.24, 2.45) is 5.73 Å². The standard InChI is InChI=1S/C7H9NO3S/c8-5-6-1-3-7(4-2-6)11-12(9)10/h1-4,12H,5,8H2. The Balaban J connectivity index is 2.77. The first-order chi connectivity index (χ1) is 5.72. The molecule has 0 aromatic heterocycles. The van der Waals surface area contributed by atoms with Gasteiger partial charge in [-0.3, -0.25) is 0 Å². The van der Waals surface area contributed by atoms with Crippen molar-refractivity contribution in [1.29, 1.82) is 0 Å². The van der Waals surface area contributed by atoms with Crippen LogP contribution in [0.2, 0.25) is 0 Å². The molecule has 0 aliphatic carbocycles. The molecule has 0 amide bonds.